The standard InChI is InChI=1S/C45H95P/c1-5-9-12-15-18-21-24-27-30-33-36-39-43-46(42-8-4,44-40-37-34-31-28-25-22-19-16-13-10-6-2)45-41-38-35-32-29-26-23-20-17-14-11-7-3/h46H,5-45H2,1-4H3. The summed E-state index contributed by atoms with van der Waals surface area (Å²) in [7, 11) is -1.09. The van der Waals surface area contributed by atoms with Gasteiger partial charge in [-0.3, -0.25) is 0 Å². The Kier molecular flexibility index (Phi) is 40.2. The molecule has 0 aliphatic rings. The van der Waals surface area contributed by atoms with Crippen LogP contribution in [0.3, 0.4) is 0 Å². The van der Waals surface area contributed by atoms with Gasteiger partial charge in [0, 0.05) is 0 Å². The summed E-state index contributed by atoms with van der Waals surface area (Å²) in [4.78, 5) is 0. The smallest absolute Gasteiger partial charge is 0.0654 e. The number of hydrogen-bond donors (Lipinski definition) is 0. The van der Waals surface area contributed by atoms with Crippen molar-refractivity contribution in [2.45, 2.75) is 265 Å². The van der Waals surface area contributed by atoms with Crippen molar-refractivity contribution in [3.05, 3.63) is 0 Å². The Morgan fingerprint density at radius 3 is 0.522 bits per heavy atom. The van der Waals surface area contributed by atoms with Gasteiger partial charge in [-0.1, -0.05) is 40.0 Å². The first kappa shape index (κ1) is 46.4. The van der Waals surface area contributed by atoms with Crippen molar-refractivity contribution in [2.24, 2.45) is 0 Å². The molecule has 0 saturated heterocycles. The molecule has 0 unspecified atom stereocenters. The summed E-state index contributed by atoms with van der Waals surface area (Å²) in [5, 5.41) is 0. The second-order valence-corrected chi connectivity index (χ2v) is 21.2. The predicted octanol–water partition coefficient (Wildman–Crippen LogP) is 17.2. The first-order valence-corrected chi connectivity index (χ1v) is 25.6. The van der Waals surface area contributed by atoms with E-state index >= 15 is 0 Å². The van der Waals surface area contributed by atoms with Gasteiger partial charge in [-0.15, -0.1) is 0 Å². The minimum absolute atomic E-state index is 1.09. The van der Waals surface area contributed by atoms with Crippen molar-refractivity contribution < 1.29 is 0 Å². The van der Waals surface area contributed by atoms with Crippen LogP contribution in [0.5, 0.6) is 0 Å². The van der Waals surface area contributed by atoms with Crippen LogP contribution in [0.4, 0.5) is 0 Å². The zero-order chi connectivity index (χ0) is 33.5. The molecule has 0 nitrogen and oxygen atoms in total. The fourth-order valence-corrected chi connectivity index (χ4v) is 13.9. The molecule has 0 aromatic heterocycles. The normalized spacial score (nSPS) is 12.3. The van der Waals surface area contributed by atoms with Gasteiger partial charge in [-0.05, 0) is 0 Å². The van der Waals surface area contributed by atoms with Crippen LogP contribution in [0.2, 0.25) is 0 Å². The first-order chi connectivity index (χ1) is 22.7. The summed E-state index contributed by atoms with van der Waals surface area (Å²) >= 11 is 0. The molecule has 280 valence electrons. The average Bonchev–Trinajstić information content (AvgIpc) is 3.06. The van der Waals surface area contributed by atoms with E-state index in [0.717, 1.165) is 0 Å². The summed E-state index contributed by atoms with van der Waals surface area (Å²) in [5.41, 5.74) is 0. The topological polar surface area (TPSA) is 0 Å². The van der Waals surface area contributed by atoms with Crippen molar-refractivity contribution in [1.29, 1.82) is 0 Å². The average molecular weight is 667 g/mol. The van der Waals surface area contributed by atoms with Gasteiger partial charge >= 0.3 is 257 Å². The van der Waals surface area contributed by atoms with Crippen LogP contribution in [0.15, 0.2) is 0 Å². The number of hydrogen-bond acceptors (Lipinski definition) is 0. The monoisotopic (exact) mass is 667 g/mol. The van der Waals surface area contributed by atoms with Gasteiger partial charge in [-0.2, -0.15) is 0 Å². The summed E-state index contributed by atoms with van der Waals surface area (Å²) in [5.74, 6) is 0. The second kappa shape index (κ2) is 39.9. The molecular formula is C45H95P. The molecule has 0 aromatic carbocycles. The fraction of sp³-hybridized carbons (Fsp3) is 1.00. The second-order valence-electron chi connectivity index (χ2n) is 16.2. The van der Waals surface area contributed by atoms with E-state index in [1.54, 1.807) is 43.9 Å². The van der Waals surface area contributed by atoms with Crippen LogP contribution in [-0.2, 0) is 0 Å². The number of rotatable bonds is 41. The van der Waals surface area contributed by atoms with E-state index in [4.69, 9.17) is 0 Å². The minimum atomic E-state index is -1.09. The summed E-state index contributed by atoms with van der Waals surface area (Å²) in [6.07, 6.45) is 61.8. The SMILES string of the molecule is CCCCCCCCCCCCCC[PH](CCC)(CCCCCCCCCCCCCC)CCCCCCCCCCCCCC. The molecule has 0 rings (SSSR count). The molecule has 0 amide bonds. The molecule has 0 radical (unpaired) electrons. The van der Waals surface area contributed by atoms with Gasteiger partial charge in [0.25, 0.3) is 0 Å². The van der Waals surface area contributed by atoms with Crippen LogP contribution in [-0.4, -0.2) is 24.6 Å². The summed E-state index contributed by atoms with van der Waals surface area (Å²) < 4.78 is 0. The fourth-order valence-electron chi connectivity index (χ4n) is 8.30. The summed E-state index contributed by atoms with van der Waals surface area (Å²) in [6.45, 7) is 9.49. The predicted molar refractivity (Wildman–Crippen MR) is 221 cm³/mol. The third-order valence-corrected chi connectivity index (χ3v) is 17.3. The minimum Gasteiger partial charge on any atom is -0.0654 e. The van der Waals surface area contributed by atoms with E-state index in [1.165, 1.54) is 218 Å². The number of unbranched alkanes of at least 4 members (excludes halogenated alkanes) is 33. The maximum atomic E-state index is 2.51. The molecule has 0 aromatic rings. The molecule has 0 atom stereocenters. The Morgan fingerprint density at radius 2 is 0.348 bits per heavy atom. The molecule has 0 aliphatic carbocycles. The van der Waals surface area contributed by atoms with E-state index in [-0.39, 0.29) is 0 Å². The zero-order valence-electron chi connectivity index (χ0n) is 33.5. The van der Waals surface area contributed by atoms with Gasteiger partial charge in [0.1, 0.15) is 0 Å². The van der Waals surface area contributed by atoms with E-state index in [9.17, 15) is 0 Å². The molecule has 46 heavy (non-hydrogen) atoms. The van der Waals surface area contributed by atoms with E-state index < -0.39 is 7.26 Å². The first-order valence-electron chi connectivity index (χ1n) is 22.7. The van der Waals surface area contributed by atoms with Crippen LogP contribution in [0, 0.1) is 0 Å². The molecule has 0 spiro atoms. The van der Waals surface area contributed by atoms with Crippen LogP contribution < -0.4 is 0 Å². The third kappa shape index (κ3) is 34.3. The van der Waals surface area contributed by atoms with Crippen molar-refractivity contribution in [3.63, 3.8) is 0 Å². The Morgan fingerprint density at radius 1 is 0.174 bits per heavy atom. The molecule has 0 fully saturated rings. The maximum absolute atomic E-state index is 2.51. The van der Waals surface area contributed by atoms with Crippen LogP contribution in [0.25, 0.3) is 0 Å². The van der Waals surface area contributed by atoms with Crippen molar-refractivity contribution in [3.8, 4) is 0 Å². The van der Waals surface area contributed by atoms with Crippen molar-refractivity contribution >= 4 is 7.26 Å². The van der Waals surface area contributed by atoms with Crippen molar-refractivity contribution in [2.75, 3.05) is 24.6 Å². The van der Waals surface area contributed by atoms with Gasteiger partial charge in [0.15, 0.2) is 0 Å². The van der Waals surface area contributed by atoms with Crippen LogP contribution in [0.1, 0.15) is 265 Å². The zero-order valence-corrected chi connectivity index (χ0v) is 34.5. The quantitative estimate of drug-likeness (QED) is 0.0450. The van der Waals surface area contributed by atoms with Crippen LogP contribution >= 0.6 is 7.26 Å². The molecular weight excluding hydrogens is 571 g/mol. The Balaban J connectivity index is 4.34. The van der Waals surface area contributed by atoms with Crippen molar-refractivity contribution in [1.82, 2.24) is 0 Å². The molecule has 0 bridgehead atoms. The Labute approximate surface area is 296 Å². The molecule has 0 saturated carbocycles. The van der Waals surface area contributed by atoms with Gasteiger partial charge in [0.05, 0.1) is 0 Å². The molecule has 0 N–H and O–H groups in total. The Bertz CT molecular complexity index is 458. The van der Waals surface area contributed by atoms with Gasteiger partial charge in [-0.25, -0.2) is 0 Å². The van der Waals surface area contributed by atoms with E-state index in [1.807, 2.05) is 0 Å². The van der Waals surface area contributed by atoms with E-state index in [2.05, 4.69) is 27.7 Å². The van der Waals surface area contributed by atoms with Gasteiger partial charge < -0.3 is 0 Å². The summed E-state index contributed by atoms with van der Waals surface area (Å²) in [6, 6.07) is 0. The Hall–Kier alpha value is 0.430. The molecule has 1 heteroatoms. The van der Waals surface area contributed by atoms with Gasteiger partial charge in [0.2, 0.25) is 0 Å². The molecule has 0 heterocycles. The third-order valence-electron chi connectivity index (χ3n) is 11.5. The molecule has 0 aliphatic heterocycles. The van der Waals surface area contributed by atoms with E-state index in [0.29, 0.717) is 0 Å².